The van der Waals surface area contributed by atoms with E-state index in [4.69, 9.17) is 28.3 Å². The van der Waals surface area contributed by atoms with Crippen molar-refractivity contribution in [1.82, 2.24) is 15.1 Å². The molecule has 2 aliphatic rings. The molecule has 6 heteroatoms. The first-order chi connectivity index (χ1) is 13.9. The summed E-state index contributed by atoms with van der Waals surface area (Å²) in [5.74, 6) is 0.650. The van der Waals surface area contributed by atoms with Crippen LogP contribution >= 0.6 is 23.2 Å². The van der Waals surface area contributed by atoms with E-state index in [1.54, 1.807) is 6.20 Å². The van der Waals surface area contributed by atoms with Crippen molar-refractivity contribution in [2.45, 2.75) is 78.3 Å². The van der Waals surface area contributed by atoms with E-state index in [0.717, 1.165) is 66.5 Å². The maximum Gasteiger partial charge on any atom is 0.0846 e. The van der Waals surface area contributed by atoms with Gasteiger partial charge in [0.2, 0.25) is 0 Å². The molecule has 2 heterocycles. The van der Waals surface area contributed by atoms with E-state index in [-0.39, 0.29) is 0 Å². The van der Waals surface area contributed by atoms with Crippen molar-refractivity contribution in [3.63, 3.8) is 0 Å². The van der Waals surface area contributed by atoms with Gasteiger partial charge in [-0.1, -0.05) is 36.7 Å². The van der Waals surface area contributed by atoms with Gasteiger partial charge in [0.05, 0.1) is 21.4 Å². The highest BCUT2D eigenvalue weighted by Crippen LogP contribution is 2.29. The van der Waals surface area contributed by atoms with Gasteiger partial charge in [-0.3, -0.25) is 9.67 Å². The molecule has 0 bridgehead atoms. The first-order valence-electron chi connectivity index (χ1n) is 10.6. The smallest absolute Gasteiger partial charge is 0.0846 e. The molecule has 1 aromatic rings. The van der Waals surface area contributed by atoms with Crippen LogP contribution in [0.4, 0.5) is 0 Å². The molecule has 1 N–H and O–H groups in total. The second-order valence-corrected chi connectivity index (χ2v) is 9.08. The van der Waals surface area contributed by atoms with Crippen molar-refractivity contribution in [1.29, 1.82) is 0 Å². The molecule has 1 aliphatic carbocycles. The first-order valence-corrected chi connectivity index (χ1v) is 11.4. The summed E-state index contributed by atoms with van der Waals surface area (Å²) in [6, 6.07) is 0.469. The Balaban J connectivity index is 1.52. The second-order valence-electron chi connectivity index (χ2n) is 8.27. The molecule has 1 fully saturated rings. The predicted octanol–water partition coefficient (Wildman–Crippen LogP) is 6.33. The average Bonchev–Trinajstić information content (AvgIpc) is 2.97. The van der Waals surface area contributed by atoms with E-state index in [9.17, 15) is 0 Å². The molecule has 0 spiro atoms. The number of aromatic nitrogens is 2. The normalized spacial score (nSPS) is 26.4. The van der Waals surface area contributed by atoms with Crippen molar-refractivity contribution >= 4 is 28.9 Å². The number of aliphatic imine (C=N–C) groups is 1. The van der Waals surface area contributed by atoms with Gasteiger partial charge in [-0.15, -0.1) is 0 Å². The van der Waals surface area contributed by atoms with Gasteiger partial charge in [0.1, 0.15) is 0 Å². The van der Waals surface area contributed by atoms with E-state index >= 15 is 0 Å². The van der Waals surface area contributed by atoms with Gasteiger partial charge in [0.15, 0.2) is 0 Å². The summed E-state index contributed by atoms with van der Waals surface area (Å²) in [7, 11) is 0. The molecule has 1 aromatic heterocycles. The molecule has 0 atom stereocenters. The third-order valence-corrected chi connectivity index (χ3v) is 6.75. The Morgan fingerprint density at radius 3 is 2.59 bits per heavy atom. The zero-order chi connectivity index (χ0) is 21.0. The Morgan fingerprint density at radius 2 is 1.93 bits per heavy atom. The van der Waals surface area contributed by atoms with E-state index in [1.165, 1.54) is 18.4 Å². The van der Waals surface area contributed by atoms with Crippen LogP contribution in [0.2, 0.25) is 5.02 Å². The SMILES string of the molecule is C=C(NC1CCC(Cn2nc(CC)c(Cl)c2C)CC1)/C1=C/C(Cl)=C\N=C(C)CC1. The maximum atomic E-state index is 6.40. The Bertz CT molecular complexity index is 839. The van der Waals surface area contributed by atoms with Gasteiger partial charge in [-0.2, -0.15) is 5.10 Å². The van der Waals surface area contributed by atoms with Gasteiger partial charge in [-0.05, 0) is 76.4 Å². The van der Waals surface area contributed by atoms with Crippen LogP contribution in [0.1, 0.15) is 63.8 Å². The summed E-state index contributed by atoms with van der Waals surface area (Å²) in [5, 5.41) is 9.85. The molecular formula is C23H32Cl2N4. The molecule has 1 aliphatic heterocycles. The number of rotatable bonds is 6. The lowest BCUT2D eigenvalue weighted by Gasteiger charge is -2.31. The van der Waals surface area contributed by atoms with Crippen molar-refractivity contribution in [3.05, 3.63) is 51.6 Å². The lowest BCUT2D eigenvalue weighted by atomic mass is 9.85. The van der Waals surface area contributed by atoms with Crippen LogP contribution < -0.4 is 5.32 Å². The first kappa shape index (κ1) is 22.2. The Kier molecular flexibility index (Phi) is 7.64. The van der Waals surface area contributed by atoms with E-state index in [0.29, 0.717) is 17.0 Å². The quantitative estimate of drug-likeness (QED) is 0.567. The largest absolute Gasteiger partial charge is 0.383 e. The van der Waals surface area contributed by atoms with E-state index in [2.05, 4.69) is 35.4 Å². The van der Waals surface area contributed by atoms with Gasteiger partial charge < -0.3 is 5.32 Å². The maximum absolute atomic E-state index is 6.40. The zero-order valence-corrected chi connectivity index (χ0v) is 19.3. The molecule has 29 heavy (non-hydrogen) atoms. The van der Waals surface area contributed by atoms with Crippen LogP contribution in [0.3, 0.4) is 0 Å². The number of aryl methyl sites for hydroxylation is 1. The minimum Gasteiger partial charge on any atom is -0.383 e. The summed E-state index contributed by atoms with van der Waals surface area (Å²) in [6.07, 6.45) is 11.1. The highest BCUT2D eigenvalue weighted by molar-refractivity contribution is 6.32. The fourth-order valence-corrected chi connectivity index (χ4v) is 4.58. The van der Waals surface area contributed by atoms with Crippen molar-refractivity contribution < 1.29 is 0 Å². The van der Waals surface area contributed by atoms with Gasteiger partial charge in [-0.25, -0.2) is 0 Å². The Morgan fingerprint density at radius 1 is 1.21 bits per heavy atom. The summed E-state index contributed by atoms with van der Waals surface area (Å²) in [6.45, 7) is 11.5. The molecule has 0 saturated heterocycles. The number of hydrogen-bond donors (Lipinski definition) is 1. The van der Waals surface area contributed by atoms with Crippen LogP contribution in [0.25, 0.3) is 0 Å². The summed E-state index contributed by atoms with van der Waals surface area (Å²) in [5.41, 5.74) is 5.38. The fraction of sp³-hybridized carbons (Fsp3) is 0.565. The van der Waals surface area contributed by atoms with Crippen LogP contribution in [0, 0.1) is 12.8 Å². The monoisotopic (exact) mass is 434 g/mol. The molecule has 0 unspecified atom stereocenters. The second kappa shape index (κ2) is 9.99. The number of nitrogens with zero attached hydrogens (tertiary/aromatic N) is 3. The zero-order valence-electron chi connectivity index (χ0n) is 17.8. The molecule has 0 amide bonds. The van der Waals surface area contributed by atoms with Crippen LogP contribution in [0.5, 0.6) is 0 Å². The Hall–Kier alpha value is -1.52. The number of hydrogen-bond acceptors (Lipinski definition) is 3. The number of nitrogens with one attached hydrogen (secondary N) is 1. The highest BCUT2D eigenvalue weighted by Gasteiger charge is 2.24. The summed E-state index contributed by atoms with van der Waals surface area (Å²) >= 11 is 12.7. The van der Waals surface area contributed by atoms with Gasteiger partial charge in [0, 0.05) is 30.2 Å². The lowest BCUT2D eigenvalue weighted by molar-refractivity contribution is 0.268. The van der Waals surface area contributed by atoms with Crippen molar-refractivity contribution in [2.75, 3.05) is 0 Å². The van der Waals surface area contributed by atoms with Crippen molar-refractivity contribution in [2.24, 2.45) is 10.9 Å². The molecule has 0 aromatic carbocycles. The molecule has 3 rings (SSSR count). The summed E-state index contributed by atoms with van der Waals surface area (Å²) in [4.78, 5) is 4.35. The predicted molar refractivity (Wildman–Crippen MR) is 124 cm³/mol. The van der Waals surface area contributed by atoms with E-state index in [1.807, 2.05) is 13.0 Å². The minimum absolute atomic E-state index is 0.469. The van der Waals surface area contributed by atoms with Crippen LogP contribution in [0.15, 0.2) is 40.1 Å². The standard InChI is InChI=1S/C23H32Cl2N4/c1-5-22-23(25)17(4)29(28-22)14-18-7-10-21(11-8-18)27-16(3)19-9-6-15(2)26-13-20(24)12-19/h12-13,18,21,27H,3,5-11,14H2,1-2,4H3/b19-12+,20-13+,26-15?. The molecule has 1 saturated carbocycles. The van der Waals surface area contributed by atoms with Gasteiger partial charge >= 0.3 is 0 Å². The molecule has 4 nitrogen and oxygen atoms in total. The summed E-state index contributed by atoms with van der Waals surface area (Å²) < 4.78 is 2.11. The molecule has 0 radical (unpaired) electrons. The molecular weight excluding hydrogens is 403 g/mol. The average molecular weight is 435 g/mol. The molecule has 158 valence electrons. The minimum atomic E-state index is 0.469. The Labute approximate surface area is 184 Å². The number of allylic oxidation sites excluding steroid dienone is 3. The lowest BCUT2D eigenvalue weighted by Crippen LogP contribution is -2.34. The van der Waals surface area contributed by atoms with Crippen LogP contribution in [-0.4, -0.2) is 21.5 Å². The third-order valence-electron chi connectivity index (χ3n) is 6.05. The third kappa shape index (κ3) is 5.76. The van der Waals surface area contributed by atoms with Crippen LogP contribution in [-0.2, 0) is 13.0 Å². The highest BCUT2D eigenvalue weighted by atomic mass is 35.5. The topological polar surface area (TPSA) is 42.2 Å². The van der Waals surface area contributed by atoms with Gasteiger partial charge in [0.25, 0.3) is 0 Å². The van der Waals surface area contributed by atoms with E-state index < -0.39 is 0 Å². The number of halogens is 2. The van der Waals surface area contributed by atoms with Crippen molar-refractivity contribution in [3.8, 4) is 0 Å². The fourth-order valence-electron chi connectivity index (χ4n) is 4.13.